The summed E-state index contributed by atoms with van der Waals surface area (Å²) in [6, 6.07) is 4.84. The Labute approximate surface area is 235 Å². The number of alkyl carbamates (subject to hydrolysis) is 1. The monoisotopic (exact) mass is 580 g/mol. The lowest BCUT2D eigenvalue weighted by Crippen LogP contribution is -2.40. The molecular formula is C27H40N4O6S2. The zero-order valence-electron chi connectivity index (χ0n) is 23.7. The van der Waals surface area contributed by atoms with Gasteiger partial charge in [-0.15, -0.1) is 11.3 Å². The minimum Gasteiger partial charge on any atom is -0.447 e. The first-order valence-corrected chi connectivity index (χ1v) is 15.5. The largest absolute Gasteiger partial charge is 0.447 e. The van der Waals surface area contributed by atoms with Crippen molar-refractivity contribution in [2.45, 2.75) is 109 Å². The number of rotatable bonds is 8. The van der Waals surface area contributed by atoms with E-state index in [0.717, 1.165) is 35.6 Å². The number of hydrogen-bond donors (Lipinski definition) is 3. The first-order valence-electron chi connectivity index (χ1n) is 13.2. The predicted octanol–water partition coefficient (Wildman–Crippen LogP) is 6.00. The number of nitrogens with one attached hydrogen (secondary N) is 3. The number of aromatic nitrogens is 1. The summed E-state index contributed by atoms with van der Waals surface area (Å²) in [6.07, 6.45) is 3.52. The van der Waals surface area contributed by atoms with Crippen LogP contribution in [0.3, 0.4) is 0 Å². The second kappa shape index (κ2) is 12.6. The van der Waals surface area contributed by atoms with Crippen molar-refractivity contribution in [1.82, 2.24) is 15.0 Å². The summed E-state index contributed by atoms with van der Waals surface area (Å²) in [5.41, 5.74) is 0.110. The van der Waals surface area contributed by atoms with Crippen LogP contribution in [0.2, 0.25) is 0 Å². The number of nitrogens with zero attached hydrogens (tertiary/aromatic N) is 1. The van der Waals surface area contributed by atoms with Crippen molar-refractivity contribution >= 4 is 39.2 Å². The number of anilines is 1. The molecule has 0 unspecified atom stereocenters. The van der Waals surface area contributed by atoms with Gasteiger partial charge in [-0.2, -0.15) is 0 Å². The Kier molecular flexibility index (Phi) is 10.0. The molecule has 1 fully saturated rings. The zero-order valence-corrected chi connectivity index (χ0v) is 25.3. The topological polar surface area (TPSA) is 136 Å². The minimum absolute atomic E-state index is 0.0477. The van der Waals surface area contributed by atoms with E-state index < -0.39 is 27.7 Å². The molecule has 12 heteroatoms. The van der Waals surface area contributed by atoms with E-state index in [1.807, 2.05) is 13.8 Å². The molecule has 0 spiro atoms. The van der Waals surface area contributed by atoms with E-state index in [0.29, 0.717) is 11.3 Å². The Bertz CT molecular complexity index is 1260. The first kappa shape index (κ1) is 30.8. The number of thiazole rings is 1. The highest BCUT2D eigenvalue weighted by molar-refractivity contribution is 7.89. The number of ether oxygens (including phenoxy) is 2. The third-order valence-electron chi connectivity index (χ3n) is 5.83. The summed E-state index contributed by atoms with van der Waals surface area (Å²) in [4.78, 5) is 29.5. The van der Waals surface area contributed by atoms with Gasteiger partial charge in [-0.05, 0) is 86.3 Å². The zero-order chi connectivity index (χ0) is 29.0. The van der Waals surface area contributed by atoms with E-state index in [4.69, 9.17) is 9.47 Å². The standard InChI is InChI=1S/C27H40N4O6S2/c1-16(2)36-25(32)29-19-10-8-18(9-11-19)24-28-15-22(38-24)21-13-12-20(30-26(33)37-17(3)4)14-23(21)39(34,35)31-27(5,6)7/h12-19,31H,8-11H2,1-7H3,(H,29,32)(H,30,33)/t18-,19+. The van der Waals surface area contributed by atoms with Crippen molar-refractivity contribution in [3.05, 3.63) is 29.4 Å². The van der Waals surface area contributed by atoms with Gasteiger partial charge in [0.05, 0.1) is 27.0 Å². The van der Waals surface area contributed by atoms with Crippen LogP contribution in [0.5, 0.6) is 0 Å². The molecule has 0 atom stereocenters. The summed E-state index contributed by atoms with van der Waals surface area (Å²) in [5, 5.41) is 6.48. The van der Waals surface area contributed by atoms with Gasteiger partial charge in [-0.3, -0.25) is 5.32 Å². The molecule has 2 amide bonds. The molecule has 1 aliphatic carbocycles. The van der Waals surface area contributed by atoms with Crippen LogP contribution in [0, 0.1) is 0 Å². The van der Waals surface area contributed by atoms with Crippen LogP contribution in [-0.2, 0) is 19.5 Å². The molecule has 3 N–H and O–H groups in total. The third-order valence-corrected chi connectivity index (χ3v) is 8.82. The summed E-state index contributed by atoms with van der Waals surface area (Å²) in [7, 11) is -3.94. The average Bonchev–Trinajstić information content (AvgIpc) is 3.27. The Hall–Kier alpha value is -2.70. The van der Waals surface area contributed by atoms with Gasteiger partial charge >= 0.3 is 12.2 Å². The van der Waals surface area contributed by atoms with E-state index in [1.165, 1.54) is 17.4 Å². The van der Waals surface area contributed by atoms with Gasteiger partial charge in [0, 0.05) is 34.9 Å². The van der Waals surface area contributed by atoms with Crippen LogP contribution >= 0.6 is 11.3 Å². The molecule has 1 heterocycles. The van der Waals surface area contributed by atoms with Gasteiger partial charge in [0.15, 0.2) is 0 Å². The molecular weight excluding hydrogens is 540 g/mol. The Morgan fingerprint density at radius 1 is 1.00 bits per heavy atom. The van der Waals surface area contributed by atoms with Crippen molar-refractivity contribution in [1.29, 1.82) is 0 Å². The fourth-order valence-corrected chi connectivity index (χ4v) is 7.20. The molecule has 1 saturated carbocycles. The van der Waals surface area contributed by atoms with E-state index in [1.54, 1.807) is 52.9 Å². The van der Waals surface area contributed by atoms with Gasteiger partial charge in [0.1, 0.15) is 0 Å². The highest BCUT2D eigenvalue weighted by Gasteiger charge is 2.29. The second-order valence-electron chi connectivity index (χ2n) is 11.4. The lowest BCUT2D eigenvalue weighted by Gasteiger charge is -2.28. The van der Waals surface area contributed by atoms with Crippen LogP contribution in [0.1, 0.15) is 85.1 Å². The summed E-state index contributed by atoms with van der Waals surface area (Å²) >= 11 is 1.47. The smallest absolute Gasteiger partial charge is 0.411 e. The van der Waals surface area contributed by atoms with Gasteiger partial charge in [-0.25, -0.2) is 27.7 Å². The Morgan fingerprint density at radius 2 is 1.62 bits per heavy atom. The summed E-state index contributed by atoms with van der Waals surface area (Å²) < 4.78 is 39.9. The molecule has 10 nitrogen and oxygen atoms in total. The van der Waals surface area contributed by atoms with Crippen LogP contribution in [0.4, 0.5) is 15.3 Å². The normalized spacial score (nSPS) is 18.2. The average molecular weight is 581 g/mol. The van der Waals surface area contributed by atoms with Gasteiger partial charge in [-0.1, -0.05) is 6.07 Å². The molecule has 1 aromatic carbocycles. The maximum absolute atomic E-state index is 13.4. The SMILES string of the molecule is CC(C)OC(=O)Nc1ccc(-c2cnc([C@H]3CC[C@@H](NC(=O)OC(C)C)CC3)s2)c(S(=O)(=O)NC(C)(C)C)c1. The van der Waals surface area contributed by atoms with Gasteiger partial charge in [0.2, 0.25) is 10.0 Å². The van der Waals surface area contributed by atoms with Crippen molar-refractivity contribution < 1.29 is 27.5 Å². The predicted molar refractivity (Wildman–Crippen MR) is 153 cm³/mol. The first-order chi connectivity index (χ1) is 18.1. The fraction of sp³-hybridized carbons (Fsp3) is 0.593. The molecule has 0 saturated heterocycles. The molecule has 0 aliphatic heterocycles. The van der Waals surface area contributed by atoms with Crippen molar-refractivity contribution in [2.75, 3.05) is 5.32 Å². The lowest BCUT2D eigenvalue weighted by atomic mass is 9.86. The number of carbonyl (C=O) groups excluding carboxylic acids is 2. The highest BCUT2D eigenvalue weighted by atomic mass is 32.2. The Balaban J connectivity index is 1.82. The van der Waals surface area contributed by atoms with Crippen LogP contribution in [0.15, 0.2) is 29.3 Å². The molecule has 39 heavy (non-hydrogen) atoms. The number of sulfonamides is 1. The summed E-state index contributed by atoms with van der Waals surface area (Å²) in [5.74, 6) is 0.224. The molecule has 216 valence electrons. The van der Waals surface area contributed by atoms with Crippen molar-refractivity contribution in [2.24, 2.45) is 0 Å². The molecule has 3 rings (SSSR count). The van der Waals surface area contributed by atoms with Crippen LogP contribution < -0.4 is 15.4 Å². The molecule has 1 aromatic heterocycles. The summed E-state index contributed by atoms with van der Waals surface area (Å²) in [6.45, 7) is 12.4. The van der Waals surface area contributed by atoms with Crippen molar-refractivity contribution in [3.8, 4) is 10.4 Å². The van der Waals surface area contributed by atoms with Crippen LogP contribution in [-0.4, -0.2) is 49.4 Å². The number of hydrogen-bond acceptors (Lipinski definition) is 8. The maximum Gasteiger partial charge on any atom is 0.411 e. The quantitative estimate of drug-likeness (QED) is 0.348. The van der Waals surface area contributed by atoms with E-state index in [2.05, 4.69) is 20.3 Å². The fourth-order valence-electron chi connectivity index (χ4n) is 4.35. The lowest BCUT2D eigenvalue weighted by molar-refractivity contribution is 0.109. The van der Waals surface area contributed by atoms with E-state index >= 15 is 0 Å². The van der Waals surface area contributed by atoms with E-state index in [-0.39, 0.29) is 29.1 Å². The van der Waals surface area contributed by atoms with Crippen LogP contribution in [0.25, 0.3) is 10.4 Å². The molecule has 0 radical (unpaired) electrons. The second-order valence-corrected chi connectivity index (χ2v) is 14.1. The van der Waals surface area contributed by atoms with Crippen molar-refractivity contribution in [3.63, 3.8) is 0 Å². The number of amides is 2. The molecule has 1 aliphatic rings. The highest BCUT2D eigenvalue weighted by Crippen LogP contribution is 2.40. The Morgan fingerprint density at radius 3 is 2.21 bits per heavy atom. The number of carbonyl (C=O) groups is 2. The molecule has 0 bridgehead atoms. The van der Waals surface area contributed by atoms with Gasteiger partial charge < -0.3 is 14.8 Å². The third kappa shape index (κ3) is 9.18. The number of benzene rings is 1. The maximum atomic E-state index is 13.4. The minimum atomic E-state index is -3.94. The molecule has 2 aromatic rings. The van der Waals surface area contributed by atoms with Gasteiger partial charge in [0.25, 0.3) is 0 Å². The van der Waals surface area contributed by atoms with E-state index in [9.17, 15) is 18.0 Å².